The first-order chi connectivity index (χ1) is 9.69. The van der Waals surface area contributed by atoms with E-state index in [2.05, 4.69) is 10.6 Å². The van der Waals surface area contributed by atoms with Crippen LogP contribution in [0.2, 0.25) is 5.02 Å². The van der Waals surface area contributed by atoms with E-state index in [4.69, 9.17) is 23.8 Å². The maximum absolute atomic E-state index is 12.5. The highest BCUT2D eigenvalue weighted by molar-refractivity contribution is 7.80. The number of anilines is 1. The van der Waals surface area contributed by atoms with Crippen molar-refractivity contribution in [1.29, 1.82) is 0 Å². The van der Waals surface area contributed by atoms with Crippen molar-refractivity contribution in [3.63, 3.8) is 0 Å². The average Bonchev–Trinajstić information content (AvgIpc) is 2.48. The van der Waals surface area contributed by atoms with Gasteiger partial charge in [0, 0.05) is 6.54 Å². The van der Waals surface area contributed by atoms with Gasteiger partial charge in [-0.1, -0.05) is 48.0 Å². The SMILES string of the molecule is FCc1ccc(NC(=S)NCc2ccccc2)c(Cl)c1. The molecule has 0 unspecified atom stereocenters. The molecule has 0 amide bonds. The van der Waals surface area contributed by atoms with Crippen molar-refractivity contribution in [1.82, 2.24) is 5.32 Å². The highest BCUT2D eigenvalue weighted by Gasteiger charge is 2.04. The number of hydrogen-bond donors (Lipinski definition) is 2. The first kappa shape index (κ1) is 14.8. The van der Waals surface area contributed by atoms with Gasteiger partial charge in [0.1, 0.15) is 6.67 Å². The molecular weight excluding hydrogens is 295 g/mol. The van der Waals surface area contributed by atoms with E-state index in [0.29, 0.717) is 27.9 Å². The topological polar surface area (TPSA) is 24.1 Å². The quantitative estimate of drug-likeness (QED) is 0.824. The summed E-state index contributed by atoms with van der Waals surface area (Å²) in [6.07, 6.45) is 0. The third kappa shape index (κ3) is 4.18. The van der Waals surface area contributed by atoms with Crippen molar-refractivity contribution in [2.45, 2.75) is 13.2 Å². The summed E-state index contributed by atoms with van der Waals surface area (Å²) in [6, 6.07) is 14.9. The zero-order chi connectivity index (χ0) is 14.4. The zero-order valence-corrected chi connectivity index (χ0v) is 12.3. The second-order valence-electron chi connectivity index (χ2n) is 4.24. The molecule has 0 saturated carbocycles. The van der Waals surface area contributed by atoms with Crippen molar-refractivity contribution < 1.29 is 4.39 Å². The van der Waals surface area contributed by atoms with Gasteiger partial charge >= 0.3 is 0 Å². The largest absolute Gasteiger partial charge is 0.358 e. The Morgan fingerprint density at radius 2 is 1.85 bits per heavy atom. The van der Waals surface area contributed by atoms with Gasteiger partial charge in [-0.2, -0.15) is 0 Å². The fourth-order valence-corrected chi connectivity index (χ4v) is 2.12. The number of benzene rings is 2. The average molecular weight is 309 g/mol. The van der Waals surface area contributed by atoms with Crippen LogP contribution in [-0.2, 0) is 13.2 Å². The van der Waals surface area contributed by atoms with Gasteiger partial charge in [-0.25, -0.2) is 4.39 Å². The molecule has 0 aliphatic carbocycles. The molecule has 2 rings (SSSR count). The van der Waals surface area contributed by atoms with Crippen LogP contribution in [-0.4, -0.2) is 5.11 Å². The molecule has 0 saturated heterocycles. The Balaban J connectivity index is 1.91. The molecular formula is C15H14ClFN2S. The van der Waals surface area contributed by atoms with Crippen molar-refractivity contribution >= 4 is 34.6 Å². The van der Waals surface area contributed by atoms with E-state index < -0.39 is 6.67 Å². The maximum atomic E-state index is 12.5. The third-order valence-electron chi connectivity index (χ3n) is 2.73. The molecule has 0 bridgehead atoms. The molecule has 2 N–H and O–H groups in total. The number of nitrogens with one attached hydrogen (secondary N) is 2. The Bertz CT molecular complexity index is 590. The molecule has 0 radical (unpaired) electrons. The van der Waals surface area contributed by atoms with Crippen LogP contribution >= 0.6 is 23.8 Å². The van der Waals surface area contributed by atoms with Crippen LogP contribution in [0, 0.1) is 0 Å². The van der Waals surface area contributed by atoms with E-state index in [9.17, 15) is 4.39 Å². The number of rotatable bonds is 4. The summed E-state index contributed by atoms with van der Waals surface area (Å²) >= 11 is 11.3. The van der Waals surface area contributed by atoms with Crippen molar-refractivity contribution in [2.24, 2.45) is 0 Å². The van der Waals surface area contributed by atoms with Crippen LogP contribution in [0.1, 0.15) is 11.1 Å². The second-order valence-corrected chi connectivity index (χ2v) is 5.06. The summed E-state index contributed by atoms with van der Waals surface area (Å²) in [5.74, 6) is 0. The van der Waals surface area contributed by atoms with Crippen molar-refractivity contribution in [3.8, 4) is 0 Å². The van der Waals surface area contributed by atoms with Gasteiger partial charge in [-0.05, 0) is 35.5 Å². The fraction of sp³-hybridized carbons (Fsp3) is 0.133. The predicted octanol–water partition coefficient (Wildman–Crippen LogP) is 4.30. The highest BCUT2D eigenvalue weighted by atomic mass is 35.5. The van der Waals surface area contributed by atoms with Crippen LogP contribution in [0.3, 0.4) is 0 Å². The lowest BCUT2D eigenvalue weighted by Crippen LogP contribution is -2.27. The number of alkyl halides is 1. The minimum absolute atomic E-state index is 0.448. The van der Waals surface area contributed by atoms with E-state index in [-0.39, 0.29) is 0 Å². The van der Waals surface area contributed by atoms with Gasteiger partial charge in [0.2, 0.25) is 0 Å². The molecule has 0 fully saturated rings. The molecule has 104 valence electrons. The lowest BCUT2D eigenvalue weighted by molar-refractivity contribution is 0.485. The second kappa shape index (κ2) is 7.22. The van der Waals surface area contributed by atoms with Crippen LogP contribution in [0.4, 0.5) is 10.1 Å². The molecule has 0 aromatic heterocycles. The van der Waals surface area contributed by atoms with E-state index in [1.165, 1.54) is 0 Å². The summed E-state index contributed by atoms with van der Waals surface area (Å²) in [5, 5.41) is 7.01. The van der Waals surface area contributed by atoms with Gasteiger partial charge in [-0.15, -0.1) is 0 Å². The van der Waals surface area contributed by atoms with Crippen LogP contribution in [0.25, 0.3) is 0 Å². The van der Waals surface area contributed by atoms with Gasteiger partial charge < -0.3 is 10.6 Å². The van der Waals surface area contributed by atoms with Crippen molar-refractivity contribution in [2.75, 3.05) is 5.32 Å². The Kier molecular flexibility index (Phi) is 5.32. The molecule has 2 aromatic carbocycles. The molecule has 20 heavy (non-hydrogen) atoms. The monoisotopic (exact) mass is 308 g/mol. The van der Waals surface area contributed by atoms with Crippen molar-refractivity contribution in [3.05, 3.63) is 64.7 Å². The predicted molar refractivity (Wildman–Crippen MR) is 85.8 cm³/mol. The van der Waals surface area contributed by atoms with Crippen LogP contribution in [0.5, 0.6) is 0 Å². The van der Waals surface area contributed by atoms with Gasteiger partial charge in [0.05, 0.1) is 10.7 Å². The Labute approximate surface area is 128 Å². The zero-order valence-electron chi connectivity index (χ0n) is 10.7. The van der Waals surface area contributed by atoms with E-state index in [1.807, 2.05) is 30.3 Å². The molecule has 0 spiro atoms. The maximum Gasteiger partial charge on any atom is 0.171 e. The van der Waals surface area contributed by atoms with E-state index in [0.717, 1.165) is 5.56 Å². The third-order valence-corrected chi connectivity index (χ3v) is 3.29. The lowest BCUT2D eigenvalue weighted by atomic mass is 10.2. The van der Waals surface area contributed by atoms with Crippen LogP contribution < -0.4 is 10.6 Å². The van der Waals surface area contributed by atoms with Gasteiger partial charge in [0.15, 0.2) is 5.11 Å². The molecule has 5 heteroatoms. The minimum Gasteiger partial charge on any atom is -0.358 e. The Hall–Kier alpha value is -1.65. The summed E-state index contributed by atoms with van der Waals surface area (Å²) in [6.45, 7) is 0.101. The molecule has 0 aliphatic heterocycles. The smallest absolute Gasteiger partial charge is 0.171 e. The van der Waals surface area contributed by atoms with E-state index >= 15 is 0 Å². The first-order valence-corrected chi connectivity index (χ1v) is 6.91. The summed E-state index contributed by atoms with van der Waals surface area (Å²) in [5.41, 5.74) is 2.34. The van der Waals surface area contributed by atoms with Crippen LogP contribution in [0.15, 0.2) is 48.5 Å². The van der Waals surface area contributed by atoms with Gasteiger partial charge in [0.25, 0.3) is 0 Å². The van der Waals surface area contributed by atoms with E-state index in [1.54, 1.807) is 18.2 Å². The first-order valence-electron chi connectivity index (χ1n) is 6.12. The highest BCUT2D eigenvalue weighted by Crippen LogP contribution is 2.23. The number of hydrogen-bond acceptors (Lipinski definition) is 1. The Morgan fingerprint density at radius 3 is 2.50 bits per heavy atom. The fourth-order valence-electron chi connectivity index (χ4n) is 1.69. The standard InChI is InChI=1S/C15H14ClFN2S/c16-13-8-12(9-17)6-7-14(13)19-15(20)18-10-11-4-2-1-3-5-11/h1-8H,9-10H2,(H2,18,19,20). The van der Waals surface area contributed by atoms with Gasteiger partial charge in [-0.3, -0.25) is 0 Å². The Morgan fingerprint density at radius 1 is 1.10 bits per heavy atom. The molecule has 0 aliphatic rings. The normalized spacial score (nSPS) is 10.1. The summed E-state index contributed by atoms with van der Waals surface area (Å²) in [4.78, 5) is 0. The minimum atomic E-state index is -0.531. The summed E-state index contributed by atoms with van der Waals surface area (Å²) < 4.78 is 12.5. The lowest BCUT2D eigenvalue weighted by Gasteiger charge is -2.12. The number of halogens is 2. The summed E-state index contributed by atoms with van der Waals surface area (Å²) in [7, 11) is 0. The molecule has 2 aromatic rings. The molecule has 0 atom stereocenters. The molecule has 2 nitrogen and oxygen atoms in total. The number of thiocarbonyl (C=S) groups is 1. The molecule has 0 heterocycles.